The van der Waals surface area contributed by atoms with Gasteiger partial charge in [0.2, 0.25) is 11.4 Å². The van der Waals surface area contributed by atoms with Crippen molar-refractivity contribution >= 4 is 119 Å². The van der Waals surface area contributed by atoms with E-state index in [0.717, 1.165) is 23.3 Å². The summed E-state index contributed by atoms with van der Waals surface area (Å²) in [7, 11) is -20.0. The molecule has 0 unspecified atom stereocenters. The number of nitrogens with one attached hydrogen (secondary N) is 2. The predicted molar refractivity (Wildman–Crippen MR) is 284 cm³/mol. The van der Waals surface area contributed by atoms with Gasteiger partial charge in [-0.15, -0.1) is 15.3 Å². The number of aromatic hydroxyl groups is 3. The average molecular weight is 1260 g/mol. The summed E-state index contributed by atoms with van der Waals surface area (Å²) in [4.78, 5) is 16.5. The Bertz CT molecular complexity index is 4350. The minimum Gasteiger partial charge on any atom is -0.589 e. The molecule has 0 saturated carbocycles. The normalized spacial score (nSPS) is 12.3. The summed E-state index contributed by atoms with van der Waals surface area (Å²) in [6.45, 7) is 3.60. The van der Waals surface area contributed by atoms with E-state index in [-0.39, 0.29) is 67.5 Å². The smallest absolute Gasteiger partial charge is 0.367 e. The first kappa shape index (κ1) is 62.6. The number of phenols is 3. The van der Waals surface area contributed by atoms with E-state index in [1.54, 1.807) is 37.3 Å². The van der Waals surface area contributed by atoms with Crippen molar-refractivity contribution in [3.63, 3.8) is 0 Å². The van der Waals surface area contributed by atoms with Crippen LogP contribution in [0.2, 0.25) is 0 Å². The zero-order chi connectivity index (χ0) is 60.6. The molecule has 0 aliphatic carbocycles. The van der Waals surface area contributed by atoms with E-state index >= 15 is 0 Å². The van der Waals surface area contributed by atoms with Crippen molar-refractivity contribution in [1.82, 2.24) is 0 Å². The van der Waals surface area contributed by atoms with E-state index in [2.05, 4.69) is 40.9 Å². The van der Waals surface area contributed by atoms with Crippen LogP contribution in [0.3, 0.4) is 0 Å². The van der Waals surface area contributed by atoms with E-state index in [4.69, 9.17) is 15.3 Å². The molecule has 0 amide bonds. The molecule has 0 aliphatic rings. The van der Waals surface area contributed by atoms with Crippen molar-refractivity contribution in [3.8, 4) is 34.5 Å². The maximum Gasteiger partial charge on any atom is 0.367 e. The second-order valence-corrected chi connectivity index (χ2v) is 22.6. The van der Waals surface area contributed by atoms with Crippen LogP contribution in [0.4, 0.5) is 56.9 Å². The number of nitro benzene ring substituents is 2. The van der Waals surface area contributed by atoms with Crippen LogP contribution in [0.1, 0.15) is 11.1 Å². The number of azo groups is 4. The second-order valence-electron chi connectivity index (χ2n) is 17.0. The fourth-order valence-electron chi connectivity index (χ4n) is 7.26. The zero-order valence-electron chi connectivity index (χ0n) is 41.5. The Morgan fingerprint density at radius 1 is 0.494 bits per heavy atom. The number of nitro groups is 2. The summed E-state index contributed by atoms with van der Waals surface area (Å²) >= 11 is 0. The zero-order valence-corrected chi connectivity index (χ0v) is 46.1. The SMILES string of the molecule is Cc1ccc(O)c(N=Nc2ccc3cc(S(=O)(=O)O)c(N=Nc4cc(S(=O)(=O)O)cc([N+](=O)[O-])c4O)c(O)c3c2)c1.Cc1ccc([OH2+])c([NH+]=Nc2ccc3cc(S(=O)(=O)O)c([NH+]=Nc4cc(S(=O)(=O)O)cc([N+](=O)[O-])c4[OH2+])c([OH2+])c3c2)c1.[Cr]. The number of benzene rings is 8. The molecule has 0 aromatic heterocycles. The molecule has 0 radical (unpaired) electrons. The van der Waals surface area contributed by atoms with Gasteiger partial charge < -0.3 is 30.6 Å². The van der Waals surface area contributed by atoms with E-state index < -0.39 is 127 Å². The molecule has 0 bridgehead atoms. The molecule has 83 heavy (non-hydrogen) atoms. The first-order valence-electron chi connectivity index (χ1n) is 22.1. The number of hydrogen-bond acceptors (Lipinski definition) is 21. The number of aryl methyl sites for hydroxylation is 2. The molecule has 0 saturated heterocycles. The second kappa shape index (κ2) is 23.9. The predicted octanol–water partition coefficient (Wildman–Crippen LogP) is 6.35. The van der Waals surface area contributed by atoms with Gasteiger partial charge in [-0.25, -0.2) is 0 Å². The van der Waals surface area contributed by atoms with Gasteiger partial charge in [0.15, 0.2) is 10.6 Å². The maximum absolute atomic E-state index is 12.1. The van der Waals surface area contributed by atoms with Crippen LogP contribution in [0.15, 0.2) is 159 Å². The third kappa shape index (κ3) is 14.3. The Morgan fingerprint density at radius 3 is 1.63 bits per heavy atom. The van der Waals surface area contributed by atoms with Crippen molar-refractivity contribution in [2.45, 2.75) is 33.4 Å². The van der Waals surface area contributed by atoms with Crippen molar-refractivity contribution in [1.29, 1.82) is 0 Å². The molecule has 32 nitrogen and oxygen atoms in total. The maximum atomic E-state index is 12.1. The summed E-state index contributed by atoms with van der Waals surface area (Å²) < 4.78 is 133. The van der Waals surface area contributed by atoms with Crippen LogP contribution < -0.4 is 10.2 Å². The molecular weight excluding hydrogens is 1220 g/mol. The summed E-state index contributed by atoms with van der Waals surface area (Å²) in [5.74, 6) is -3.42. The molecule has 8 aromatic rings. The van der Waals surface area contributed by atoms with Crippen molar-refractivity contribution < 1.29 is 120 Å². The van der Waals surface area contributed by atoms with Gasteiger partial charge in [0.25, 0.3) is 30.4 Å². The molecule has 0 aliphatic heterocycles. The number of hydrogen-bond donors (Lipinski definition) is 9. The Kier molecular flexibility index (Phi) is 18.0. The third-order valence-corrected chi connectivity index (χ3v) is 14.6. The van der Waals surface area contributed by atoms with Gasteiger partial charge in [0, 0.05) is 58.2 Å². The molecule has 8 aromatic carbocycles. The Balaban J connectivity index is 0.000000263. The van der Waals surface area contributed by atoms with E-state index in [9.17, 15) is 87.4 Å². The number of rotatable bonds is 14. The monoisotopic (exact) mass is 1260 g/mol. The molecular formula is C46H39CrN10O22S4+5. The van der Waals surface area contributed by atoms with Gasteiger partial charge in [-0.2, -0.15) is 38.8 Å². The van der Waals surface area contributed by atoms with E-state index in [1.807, 2.05) is 6.92 Å². The molecule has 37 heteroatoms. The van der Waals surface area contributed by atoms with E-state index in [0.29, 0.717) is 30.0 Å². The minimum absolute atomic E-state index is 0. The first-order chi connectivity index (χ1) is 38.1. The first-order valence-corrected chi connectivity index (χ1v) is 27.8. The molecule has 0 atom stereocenters. The summed E-state index contributed by atoms with van der Waals surface area (Å²) in [5, 5.41) is 106. The minimum atomic E-state index is -5.07. The molecule has 8 rings (SSSR count). The Labute approximate surface area is 475 Å². The number of fused-ring (bicyclic) bond motifs is 2. The number of nitrogens with zero attached hydrogens (tertiary/aromatic N) is 8. The van der Waals surface area contributed by atoms with Crippen LogP contribution in [-0.4, -0.2) is 92.4 Å². The summed E-state index contributed by atoms with van der Waals surface area (Å²) in [6.07, 6.45) is 0. The molecule has 15 N–H and O–H groups in total. The van der Waals surface area contributed by atoms with Crippen LogP contribution in [0.25, 0.3) is 21.5 Å². The standard InChI is InChI=1S/2C23H17N5O11S2.Cr/c2*1-11-2-5-19(29)16(6-11)25-24-13-4-3-12-7-20(41(37,38)39)21(22(30)15(12)8-13)27-26-17-9-14(40(34,35)36)10-18(23(17)31)28(32)33;/h2*2-10,29-31H,1H3,(H,34,35,36)(H,37,38,39);/p+5. The Hall–Kier alpha value is -9.55. The molecule has 0 fully saturated rings. The van der Waals surface area contributed by atoms with Crippen LogP contribution in [0.5, 0.6) is 34.5 Å². The fourth-order valence-corrected chi connectivity index (χ4v) is 9.64. The van der Waals surface area contributed by atoms with Crippen LogP contribution in [0, 0.1) is 34.1 Å². The van der Waals surface area contributed by atoms with Crippen LogP contribution in [-0.2, 0) is 57.8 Å². The molecule has 0 heterocycles. The fraction of sp³-hybridized carbons (Fsp3) is 0.0435. The average Bonchev–Trinajstić information content (AvgIpc) is 3.39. The third-order valence-electron chi connectivity index (χ3n) is 11.2. The summed E-state index contributed by atoms with van der Waals surface area (Å²) in [6, 6.07) is 21.9. The number of phenolic OH excluding ortho intramolecular Hbond substituents is 3. The van der Waals surface area contributed by atoms with Gasteiger partial charge in [-0.05, 0) is 102 Å². The van der Waals surface area contributed by atoms with Gasteiger partial charge in [0.1, 0.15) is 43.2 Å². The van der Waals surface area contributed by atoms with Crippen molar-refractivity contribution in [2.75, 3.05) is 0 Å². The molecule has 430 valence electrons. The topological polar surface area (TPSA) is 535 Å². The van der Waals surface area contributed by atoms with Gasteiger partial charge >= 0.3 is 50.1 Å². The van der Waals surface area contributed by atoms with Gasteiger partial charge in [-0.3, -0.25) is 38.4 Å². The van der Waals surface area contributed by atoms with E-state index in [1.165, 1.54) is 42.5 Å². The summed E-state index contributed by atoms with van der Waals surface area (Å²) in [5.41, 5.74) is -2.64. The Morgan fingerprint density at radius 2 is 1.02 bits per heavy atom. The van der Waals surface area contributed by atoms with Crippen molar-refractivity contribution in [3.05, 3.63) is 141 Å². The van der Waals surface area contributed by atoms with Crippen molar-refractivity contribution in [2.24, 2.45) is 30.7 Å². The van der Waals surface area contributed by atoms with Gasteiger partial charge in [-0.1, -0.05) is 28.4 Å². The molecule has 0 spiro atoms. The van der Waals surface area contributed by atoms with Gasteiger partial charge in [0.05, 0.1) is 20.9 Å². The largest absolute Gasteiger partial charge is 0.589 e. The van der Waals surface area contributed by atoms with Crippen LogP contribution >= 0.6 is 0 Å². The quantitative estimate of drug-likeness (QED) is 0.0188.